The number of thiophene rings is 1. The first-order valence-corrected chi connectivity index (χ1v) is 8.00. The Labute approximate surface area is 132 Å². The van der Waals surface area contributed by atoms with Crippen LogP contribution >= 0.6 is 11.3 Å². The molecule has 0 saturated heterocycles. The molecule has 3 rings (SSSR count). The lowest BCUT2D eigenvalue weighted by Gasteiger charge is -2.16. The number of nitrogens with one attached hydrogen (secondary N) is 1. The minimum Gasteiger partial charge on any atom is -0.396 e. The number of aliphatic hydroxyl groups excluding tert-OH is 1. The minimum atomic E-state index is 0.0586. The Morgan fingerprint density at radius 2 is 2.05 bits per heavy atom. The van der Waals surface area contributed by atoms with Gasteiger partial charge < -0.3 is 14.9 Å². The van der Waals surface area contributed by atoms with E-state index >= 15 is 0 Å². The summed E-state index contributed by atoms with van der Waals surface area (Å²) in [5.41, 5.74) is 1.13. The lowest BCUT2D eigenvalue weighted by Crippen LogP contribution is -2.22. The predicted molar refractivity (Wildman–Crippen MR) is 85.3 cm³/mol. The summed E-state index contributed by atoms with van der Waals surface area (Å²) in [4.78, 5) is 5.38. The molecule has 0 bridgehead atoms. The van der Waals surface area contributed by atoms with Crippen LogP contribution in [0, 0.1) is 0 Å². The molecule has 0 amide bonds. The summed E-state index contributed by atoms with van der Waals surface area (Å²) in [6.07, 6.45) is 0.635. The zero-order valence-corrected chi connectivity index (χ0v) is 12.8. The molecule has 0 aliphatic rings. The molecule has 6 heteroatoms. The molecular formula is C16H17N3O2S. The first-order chi connectivity index (χ1) is 10.9. The van der Waals surface area contributed by atoms with Gasteiger partial charge in [0.25, 0.3) is 0 Å². The minimum absolute atomic E-state index is 0.0586. The van der Waals surface area contributed by atoms with Crippen LogP contribution in [-0.4, -0.2) is 21.9 Å². The van der Waals surface area contributed by atoms with Gasteiger partial charge in [0, 0.05) is 12.6 Å². The van der Waals surface area contributed by atoms with Gasteiger partial charge in [-0.3, -0.25) is 0 Å². The standard InChI is InChI=1S/C16H17N3O2S/c20-9-8-13(12-5-2-1-3-6-12)17-11-15-18-16(19-21-15)14-7-4-10-22-14/h1-7,10,13,17,20H,8-9,11H2. The van der Waals surface area contributed by atoms with Gasteiger partial charge in [0.05, 0.1) is 11.4 Å². The van der Waals surface area contributed by atoms with Crippen molar-refractivity contribution in [3.63, 3.8) is 0 Å². The normalized spacial score (nSPS) is 12.4. The third-order valence-electron chi connectivity index (χ3n) is 3.33. The van der Waals surface area contributed by atoms with E-state index in [-0.39, 0.29) is 12.6 Å². The summed E-state index contributed by atoms with van der Waals surface area (Å²) in [5, 5.41) is 18.6. The average molecular weight is 315 g/mol. The molecule has 1 atom stereocenters. The van der Waals surface area contributed by atoms with Crippen LogP contribution < -0.4 is 5.32 Å². The number of hydrogen-bond donors (Lipinski definition) is 2. The Balaban J connectivity index is 1.65. The van der Waals surface area contributed by atoms with Gasteiger partial charge in [0.1, 0.15) is 0 Å². The highest BCUT2D eigenvalue weighted by molar-refractivity contribution is 7.13. The third-order valence-corrected chi connectivity index (χ3v) is 4.19. The lowest BCUT2D eigenvalue weighted by atomic mass is 10.0. The van der Waals surface area contributed by atoms with E-state index in [9.17, 15) is 5.11 Å². The number of aromatic nitrogens is 2. The van der Waals surface area contributed by atoms with E-state index in [1.54, 1.807) is 11.3 Å². The molecule has 1 unspecified atom stereocenters. The number of nitrogens with zero attached hydrogens (tertiary/aromatic N) is 2. The van der Waals surface area contributed by atoms with Crippen LogP contribution in [0.1, 0.15) is 23.9 Å². The van der Waals surface area contributed by atoms with E-state index in [0.717, 1.165) is 10.4 Å². The molecule has 2 aromatic heterocycles. The van der Waals surface area contributed by atoms with Crippen molar-refractivity contribution in [3.8, 4) is 10.7 Å². The van der Waals surface area contributed by atoms with Crippen LogP contribution in [0.15, 0.2) is 52.4 Å². The largest absolute Gasteiger partial charge is 0.396 e. The summed E-state index contributed by atoms with van der Waals surface area (Å²) in [6, 6.07) is 14.0. The molecule has 0 aliphatic heterocycles. The molecule has 2 N–H and O–H groups in total. The van der Waals surface area contributed by atoms with Gasteiger partial charge in [-0.1, -0.05) is 41.6 Å². The van der Waals surface area contributed by atoms with Crippen LogP contribution in [0.3, 0.4) is 0 Å². The monoisotopic (exact) mass is 315 g/mol. The van der Waals surface area contributed by atoms with Crippen LogP contribution in [0.25, 0.3) is 10.7 Å². The SMILES string of the molecule is OCCC(NCc1nc(-c2cccs2)no1)c1ccccc1. The average Bonchev–Trinajstić information content (AvgIpc) is 3.23. The smallest absolute Gasteiger partial charge is 0.240 e. The van der Waals surface area contributed by atoms with Crippen molar-refractivity contribution in [3.05, 3.63) is 59.3 Å². The third kappa shape index (κ3) is 3.59. The Morgan fingerprint density at radius 3 is 2.77 bits per heavy atom. The van der Waals surface area contributed by atoms with Crippen molar-refractivity contribution >= 4 is 11.3 Å². The van der Waals surface area contributed by atoms with Crippen molar-refractivity contribution < 1.29 is 9.63 Å². The maximum absolute atomic E-state index is 9.23. The van der Waals surface area contributed by atoms with Gasteiger partial charge in [-0.25, -0.2) is 0 Å². The Bertz CT molecular complexity index is 683. The molecule has 0 spiro atoms. The summed E-state index contributed by atoms with van der Waals surface area (Å²) < 4.78 is 5.27. The lowest BCUT2D eigenvalue weighted by molar-refractivity contribution is 0.261. The topological polar surface area (TPSA) is 71.2 Å². The highest BCUT2D eigenvalue weighted by Gasteiger charge is 2.13. The second kappa shape index (κ2) is 7.31. The molecule has 114 valence electrons. The number of hydrogen-bond acceptors (Lipinski definition) is 6. The Hall–Kier alpha value is -2.02. The maximum atomic E-state index is 9.23. The van der Waals surface area contributed by atoms with Crippen molar-refractivity contribution in [1.29, 1.82) is 0 Å². The van der Waals surface area contributed by atoms with Gasteiger partial charge in [0.15, 0.2) is 0 Å². The fourth-order valence-corrected chi connectivity index (χ4v) is 2.89. The van der Waals surface area contributed by atoms with Crippen molar-refractivity contribution in [1.82, 2.24) is 15.5 Å². The summed E-state index contributed by atoms with van der Waals surface area (Å²) >= 11 is 1.58. The van der Waals surface area contributed by atoms with Gasteiger partial charge in [-0.05, 0) is 23.4 Å². The summed E-state index contributed by atoms with van der Waals surface area (Å²) in [5.74, 6) is 1.16. The van der Waals surface area contributed by atoms with Crippen LogP contribution in [-0.2, 0) is 6.54 Å². The molecule has 0 saturated carbocycles. The first-order valence-electron chi connectivity index (χ1n) is 7.12. The predicted octanol–water partition coefficient (Wildman–Crippen LogP) is 3.01. The van der Waals surface area contributed by atoms with Crippen LogP contribution in [0.5, 0.6) is 0 Å². The quantitative estimate of drug-likeness (QED) is 0.701. The van der Waals surface area contributed by atoms with Gasteiger partial charge >= 0.3 is 0 Å². The summed E-state index contributed by atoms with van der Waals surface area (Å²) in [7, 11) is 0. The molecule has 2 heterocycles. The van der Waals surface area contributed by atoms with E-state index in [1.165, 1.54) is 0 Å². The molecule has 1 aromatic carbocycles. The van der Waals surface area contributed by atoms with Gasteiger partial charge in [-0.15, -0.1) is 11.3 Å². The zero-order chi connectivity index (χ0) is 15.2. The fraction of sp³-hybridized carbons (Fsp3) is 0.250. The maximum Gasteiger partial charge on any atom is 0.240 e. The van der Waals surface area contributed by atoms with E-state index in [2.05, 4.69) is 15.5 Å². The number of rotatable bonds is 7. The fourth-order valence-electron chi connectivity index (χ4n) is 2.24. The zero-order valence-electron chi connectivity index (χ0n) is 12.0. The van der Waals surface area contributed by atoms with E-state index in [4.69, 9.17) is 4.52 Å². The highest BCUT2D eigenvalue weighted by Crippen LogP contribution is 2.22. The van der Waals surface area contributed by atoms with Crippen molar-refractivity contribution in [2.45, 2.75) is 19.0 Å². The Kier molecular flexibility index (Phi) is 4.95. The molecule has 3 aromatic rings. The van der Waals surface area contributed by atoms with Crippen molar-refractivity contribution in [2.24, 2.45) is 0 Å². The number of aliphatic hydroxyl groups is 1. The molecule has 5 nitrogen and oxygen atoms in total. The van der Waals surface area contributed by atoms with Gasteiger partial charge in [0.2, 0.25) is 11.7 Å². The second-order valence-corrected chi connectivity index (χ2v) is 5.79. The van der Waals surface area contributed by atoms with E-state index in [1.807, 2.05) is 47.8 Å². The van der Waals surface area contributed by atoms with Crippen LogP contribution in [0.4, 0.5) is 0 Å². The molecule has 22 heavy (non-hydrogen) atoms. The van der Waals surface area contributed by atoms with Crippen LogP contribution in [0.2, 0.25) is 0 Å². The number of benzene rings is 1. The summed E-state index contributed by atoms with van der Waals surface area (Å²) in [6.45, 7) is 0.592. The highest BCUT2D eigenvalue weighted by atomic mass is 32.1. The van der Waals surface area contributed by atoms with E-state index < -0.39 is 0 Å². The molecule has 0 fully saturated rings. The van der Waals surface area contributed by atoms with E-state index in [0.29, 0.717) is 24.7 Å². The molecular weight excluding hydrogens is 298 g/mol. The van der Waals surface area contributed by atoms with Gasteiger partial charge in [-0.2, -0.15) is 4.98 Å². The second-order valence-electron chi connectivity index (χ2n) is 4.85. The Morgan fingerprint density at radius 1 is 1.18 bits per heavy atom. The molecule has 0 radical (unpaired) electrons. The molecule has 0 aliphatic carbocycles. The van der Waals surface area contributed by atoms with Crippen molar-refractivity contribution in [2.75, 3.05) is 6.61 Å². The first kappa shape index (κ1) is 14.9.